The quantitative estimate of drug-likeness (QED) is 0.833. The number of hydrogen-bond donors (Lipinski definition) is 1. The maximum absolute atomic E-state index is 11.8. The molecule has 2 heterocycles. The van der Waals surface area contributed by atoms with Gasteiger partial charge in [-0.2, -0.15) is 0 Å². The average molecular weight is 349 g/mol. The second-order valence-electron chi connectivity index (χ2n) is 4.71. The molecule has 1 amide bonds. The molecule has 2 aromatic rings. The summed E-state index contributed by atoms with van der Waals surface area (Å²) < 4.78 is 1.03. The second kappa shape index (κ2) is 5.14. The molecule has 5 heteroatoms. The normalized spacial score (nSPS) is 14.3. The minimum atomic E-state index is -0.0559. The van der Waals surface area contributed by atoms with E-state index in [0.717, 1.165) is 26.3 Å². The molecule has 1 aliphatic rings. The van der Waals surface area contributed by atoms with Gasteiger partial charge in [0.25, 0.3) is 0 Å². The molecule has 0 fully saturated rings. The van der Waals surface area contributed by atoms with Crippen molar-refractivity contribution in [2.75, 3.05) is 11.9 Å². The van der Waals surface area contributed by atoms with Crippen LogP contribution in [0.1, 0.15) is 21.6 Å². The van der Waals surface area contributed by atoms with E-state index >= 15 is 0 Å². The Morgan fingerprint density at radius 1 is 1.25 bits per heavy atom. The monoisotopic (exact) mass is 348 g/mol. The lowest BCUT2D eigenvalue weighted by atomic mass is 10.0. The van der Waals surface area contributed by atoms with Crippen LogP contribution in [0.25, 0.3) is 0 Å². The molecule has 0 bridgehead atoms. The average Bonchev–Trinajstić information content (AvgIpc) is 2.59. The highest BCUT2D eigenvalue weighted by molar-refractivity contribution is 9.10. The Bertz CT molecular complexity index is 716. The van der Waals surface area contributed by atoms with Gasteiger partial charge in [0.15, 0.2) is 0 Å². The zero-order valence-electron chi connectivity index (χ0n) is 11.2. The first-order valence-electron chi connectivity index (χ1n) is 6.27. The topological polar surface area (TPSA) is 41.5 Å². The van der Waals surface area contributed by atoms with Gasteiger partial charge in [-0.25, -0.2) is 0 Å². The van der Waals surface area contributed by atoms with Gasteiger partial charge >= 0.3 is 0 Å². The molecule has 1 aromatic carbocycles. The standard InChI is InChI=1S/C15H13BrN2OS/c1-8-9(2)20-15-13(8)14(17-7-12(19)18-15)10-3-5-11(16)6-4-10/h3-6H,7H2,1-2H3,(H,18,19). The third kappa shape index (κ3) is 2.31. The van der Waals surface area contributed by atoms with Crippen molar-refractivity contribution < 1.29 is 4.79 Å². The number of nitrogens with zero attached hydrogens (tertiary/aromatic N) is 1. The Balaban J connectivity index is 2.20. The van der Waals surface area contributed by atoms with Crippen molar-refractivity contribution in [2.24, 2.45) is 4.99 Å². The van der Waals surface area contributed by atoms with E-state index in [1.165, 1.54) is 10.4 Å². The number of anilines is 1. The Morgan fingerprint density at radius 3 is 2.65 bits per heavy atom. The number of carbonyl (C=O) groups is 1. The van der Waals surface area contributed by atoms with Crippen LogP contribution < -0.4 is 5.32 Å². The van der Waals surface area contributed by atoms with Crippen molar-refractivity contribution in [3.8, 4) is 0 Å². The molecule has 1 N–H and O–H groups in total. The molecule has 0 atom stereocenters. The third-order valence-electron chi connectivity index (χ3n) is 3.37. The molecule has 0 unspecified atom stereocenters. The van der Waals surface area contributed by atoms with E-state index in [2.05, 4.69) is 40.1 Å². The Hall–Kier alpha value is -1.46. The number of rotatable bonds is 1. The van der Waals surface area contributed by atoms with Gasteiger partial charge in [0.1, 0.15) is 11.5 Å². The minimum absolute atomic E-state index is 0.0559. The number of aliphatic imine (C=N–C) groups is 1. The fourth-order valence-electron chi connectivity index (χ4n) is 2.24. The van der Waals surface area contributed by atoms with Gasteiger partial charge in [-0.15, -0.1) is 11.3 Å². The Labute approximate surface area is 129 Å². The first-order valence-corrected chi connectivity index (χ1v) is 7.88. The zero-order valence-corrected chi connectivity index (χ0v) is 13.6. The van der Waals surface area contributed by atoms with Crippen molar-refractivity contribution >= 4 is 43.9 Å². The smallest absolute Gasteiger partial charge is 0.246 e. The number of halogens is 1. The summed E-state index contributed by atoms with van der Waals surface area (Å²) in [5.41, 5.74) is 4.18. The number of nitrogens with one attached hydrogen (secondary N) is 1. The van der Waals surface area contributed by atoms with Gasteiger partial charge in [0.2, 0.25) is 5.91 Å². The van der Waals surface area contributed by atoms with Gasteiger partial charge < -0.3 is 5.32 Å². The van der Waals surface area contributed by atoms with Crippen LogP contribution in [0.4, 0.5) is 5.00 Å². The van der Waals surface area contributed by atoms with Crippen molar-refractivity contribution in [1.29, 1.82) is 0 Å². The summed E-state index contributed by atoms with van der Waals surface area (Å²) >= 11 is 5.05. The summed E-state index contributed by atoms with van der Waals surface area (Å²) in [5, 5.41) is 3.86. The first kappa shape index (κ1) is 13.5. The fraction of sp³-hybridized carbons (Fsp3) is 0.200. The molecule has 1 aromatic heterocycles. The summed E-state index contributed by atoms with van der Waals surface area (Å²) in [6, 6.07) is 8.03. The fourth-order valence-corrected chi connectivity index (χ4v) is 3.58. The van der Waals surface area contributed by atoms with Crippen LogP contribution in [-0.4, -0.2) is 18.2 Å². The predicted octanol–water partition coefficient (Wildman–Crippen LogP) is 3.92. The van der Waals surface area contributed by atoms with E-state index < -0.39 is 0 Å². The van der Waals surface area contributed by atoms with Gasteiger partial charge in [-0.05, 0) is 31.5 Å². The lowest BCUT2D eigenvalue weighted by Crippen LogP contribution is -2.12. The molecule has 0 saturated heterocycles. The van der Waals surface area contributed by atoms with Crippen molar-refractivity contribution in [3.05, 3.63) is 50.3 Å². The number of hydrogen-bond acceptors (Lipinski definition) is 3. The second-order valence-corrected chi connectivity index (χ2v) is 6.85. The molecule has 20 heavy (non-hydrogen) atoms. The lowest BCUT2D eigenvalue weighted by molar-refractivity contribution is -0.114. The summed E-state index contributed by atoms with van der Waals surface area (Å²) in [6.07, 6.45) is 0. The zero-order chi connectivity index (χ0) is 14.3. The van der Waals surface area contributed by atoms with Crippen LogP contribution in [0.5, 0.6) is 0 Å². The number of thiophene rings is 1. The van der Waals surface area contributed by atoms with E-state index in [-0.39, 0.29) is 12.5 Å². The lowest BCUT2D eigenvalue weighted by Gasteiger charge is -2.07. The van der Waals surface area contributed by atoms with E-state index in [1.54, 1.807) is 11.3 Å². The van der Waals surface area contributed by atoms with Crippen molar-refractivity contribution in [3.63, 3.8) is 0 Å². The van der Waals surface area contributed by atoms with Gasteiger partial charge in [0.05, 0.1) is 5.71 Å². The number of benzene rings is 1. The molecule has 0 aliphatic carbocycles. The largest absolute Gasteiger partial charge is 0.316 e. The minimum Gasteiger partial charge on any atom is -0.316 e. The number of amides is 1. The molecule has 3 nitrogen and oxygen atoms in total. The SMILES string of the molecule is Cc1sc2c(c1C)C(c1ccc(Br)cc1)=NCC(=O)N2. The van der Waals surface area contributed by atoms with Gasteiger partial charge in [0, 0.05) is 20.5 Å². The molecule has 0 spiro atoms. The highest BCUT2D eigenvalue weighted by Crippen LogP contribution is 2.35. The maximum atomic E-state index is 11.8. The van der Waals surface area contributed by atoms with E-state index in [1.807, 2.05) is 24.3 Å². The highest BCUT2D eigenvalue weighted by atomic mass is 79.9. The molecule has 102 valence electrons. The molecule has 0 saturated carbocycles. The highest BCUT2D eigenvalue weighted by Gasteiger charge is 2.23. The molecule has 3 rings (SSSR count). The van der Waals surface area contributed by atoms with Crippen LogP contribution >= 0.6 is 27.3 Å². The van der Waals surface area contributed by atoms with Gasteiger partial charge in [-0.3, -0.25) is 9.79 Å². The number of aryl methyl sites for hydroxylation is 1. The summed E-state index contributed by atoms with van der Waals surface area (Å²) in [6.45, 7) is 4.32. The van der Waals surface area contributed by atoms with E-state index in [0.29, 0.717) is 0 Å². The predicted molar refractivity (Wildman–Crippen MR) is 87.1 cm³/mol. The van der Waals surface area contributed by atoms with Crippen molar-refractivity contribution in [1.82, 2.24) is 0 Å². The first-order chi connectivity index (χ1) is 9.56. The Morgan fingerprint density at radius 2 is 1.95 bits per heavy atom. The maximum Gasteiger partial charge on any atom is 0.246 e. The van der Waals surface area contributed by atoms with Crippen LogP contribution in [-0.2, 0) is 4.79 Å². The van der Waals surface area contributed by atoms with Crippen LogP contribution in [0.2, 0.25) is 0 Å². The van der Waals surface area contributed by atoms with E-state index in [4.69, 9.17) is 0 Å². The number of fused-ring (bicyclic) bond motifs is 1. The van der Waals surface area contributed by atoms with Crippen LogP contribution in [0.15, 0.2) is 33.7 Å². The van der Waals surface area contributed by atoms with Gasteiger partial charge in [-0.1, -0.05) is 28.1 Å². The molecule has 1 aliphatic heterocycles. The summed E-state index contributed by atoms with van der Waals surface area (Å²) in [5.74, 6) is -0.0559. The summed E-state index contributed by atoms with van der Waals surface area (Å²) in [4.78, 5) is 17.5. The van der Waals surface area contributed by atoms with Crippen LogP contribution in [0, 0.1) is 13.8 Å². The van der Waals surface area contributed by atoms with E-state index in [9.17, 15) is 4.79 Å². The molecule has 0 radical (unpaired) electrons. The number of carbonyl (C=O) groups excluding carboxylic acids is 1. The molecular formula is C15H13BrN2OS. The Kier molecular flexibility index (Phi) is 3.48. The van der Waals surface area contributed by atoms with Crippen molar-refractivity contribution in [2.45, 2.75) is 13.8 Å². The molecular weight excluding hydrogens is 336 g/mol. The summed E-state index contributed by atoms with van der Waals surface area (Å²) in [7, 11) is 0. The van der Waals surface area contributed by atoms with Crippen LogP contribution in [0.3, 0.4) is 0 Å². The third-order valence-corrected chi connectivity index (χ3v) is 5.02.